The number of rotatable bonds is 3. The van der Waals surface area contributed by atoms with Gasteiger partial charge in [0.05, 0.1) is 7.11 Å². The number of aromatic nitrogens is 1. The second-order valence-corrected chi connectivity index (χ2v) is 3.95. The Hall–Kier alpha value is -2.37. The van der Waals surface area contributed by atoms with Gasteiger partial charge in [0.2, 0.25) is 0 Å². The molecule has 6 heteroatoms. The zero-order valence-corrected chi connectivity index (χ0v) is 10.4. The minimum Gasteiger partial charge on any atom is -0.496 e. The van der Waals surface area contributed by atoms with Crippen LogP contribution in [0.3, 0.4) is 0 Å². The zero-order chi connectivity index (χ0) is 14.8. The van der Waals surface area contributed by atoms with Crippen LogP contribution < -0.4 is 4.74 Å². The van der Waals surface area contributed by atoms with Crippen molar-refractivity contribution in [2.75, 3.05) is 7.11 Å². The van der Waals surface area contributed by atoms with E-state index in [4.69, 9.17) is 4.74 Å². The van der Waals surface area contributed by atoms with E-state index in [1.807, 2.05) is 0 Å². The van der Waals surface area contributed by atoms with Gasteiger partial charge < -0.3 is 4.74 Å². The fourth-order valence-corrected chi connectivity index (χ4v) is 1.84. The van der Waals surface area contributed by atoms with Crippen LogP contribution in [0.1, 0.15) is 21.5 Å². The highest BCUT2D eigenvalue weighted by Gasteiger charge is 2.38. The number of pyridine rings is 1. The van der Waals surface area contributed by atoms with Crippen LogP contribution in [0.5, 0.6) is 5.75 Å². The summed E-state index contributed by atoms with van der Waals surface area (Å²) >= 11 is 0. The molecule has 1 aromatic carbocycles. The van der Waals surface area contributed by atoms with Crippen LogP contribution in [0, 0.1) is 0 Å². The van der Waals surface area contributed by atoms with Crippen molar-refractivity contribution in [3.63, 3.8) is 0 Å². The number of methoxy groups -OCH3 is 1. The second-order valence-electron chi connectivity index (χ2n) is 3.95. The third-order valence-electron chi connectivity index (χ3n) is 2.70. The van der Waals surface area contributed by atoms with Crippen molar-refractivity contribution in [2.24, 2.45) is 0 Å². The molecule has 0 fully saturated rings. The van der Waals surface area contributed by atoms with Gasteiger partial charge in [-0.1, -0.05) is 12.1 Å². The summed E-state index contributed by atoms with van der Waals surface area (Å²) in [5, 5.41) is 0. The molecule has 1 aromatic heterocycles. The average molecular weight is 281 g/mol. The van der Waals surface area contributed by atoms with E-state index in [0.29, 0.717) is 0 Å². The largest absolute Gasteiger partial charge is 0.496 e. The monoisotopic (exact) mass is 281 g/mol. The molecule has 3 nitrogen and oxygen atoms in total. The standard InChI is InChI=1S/C14H10F3NO2/c1-20-11-6-2-5-10(12(11)14(15,16)17)13(19)9-4-3-7-18-8-9/h2-8H,1H3. The predicted molar refractivity (Wildman–Crippen MR) is 65.7 cm³/mol. The first-order chi connectivity index (χ1) is 9.45. The van der Waals surface area contributed by atoms with Crippen LogP contribution >= 0.6 is 0 Å². The summed E-state index contributed by atoms with van der Waals surface area (Å²) in [4.78, 5) is 15.9. The molecule has 0 unspecified atom stereocenters. The first-order valence-corrected chi connectivity index (χ1v) is 5.64. The fraction of sp³-hybridized carbons (Fsp3) is 0.143. The molecular weight excluding hydrogens is 271 g/mol. The first kappa shape index (κ1) is 14.0. The number of hydrogen-bond acceptors (Lipinski definition) is 3. The smallest absolute Gasteiger partial charge is 0.420 e. The Kier molecular flexibility index (Phi) is 3.74. The van der Waals surface area contributed by atoms with Crippen molar-refractivity contribution >= 4 is 5.78 Å². The van der Waals surface area contributed by atoms with Gasteiger partial charge in [-0.15, -0.1) is 0 Å². The molecule has 0 atom stereocenters. The molecular formula is C14H10F3NO2. The lowest BCUT2D eigenvalue weighted by Gasteiger charge is -2.15. The molecule has 0 aliphatic carbocycles. The Labute approximate surface area is 113 Å². The first-order valence-electron chi connectivity index (χ1n) is 5.64. The maximum atomic E-state index is 13.1. The van der Waals surface area contributed by atoms with Gasteiger partial charge in [-0.3, -0.25) is 9.78 Å². The minimum atomic E-state index is -4.68. The van der Waals surface area contributed by atoms with Crippen molar-refractivity contribution in [1.29, 1.82) is 0 Å². The van der Waals surface area contributed by atoms with Gasteiger partial charge in [0, 0.05) is 23.5 Å². The number of benzene rings is 1. The quantitative estimate of drug-likeness (QED) is 0.810. The molecule has 0 saturated carbocycles. The van der Waals surface area contributed by atoms with Gasteiger partial charge in [0.25, 0.3) is 0 Å². The number of carbonyl (C=O) groups is 1. The van der Waals surface area contributed by atoms with Crippen LogP contribution in [0.4, 0.5) is 13.2 Å². The molecule has 2 aromatic rings. The maximum Gasteiger partial charge on any atom is 0.420 e. The molecule has 104 valence electrons. The van der Waals surface area contributed by atoms with Crippen molar-refractivity contribution in [3.8, 4) is 5.75 Å². The van der Waals surface area contributed by atoms with Crippen molar-refractivity contribution in [3.05, 3.63) is 59.4 Å². The molecule has 20 heavy (non-hydrogen) atoms. The van der Waals surface area contributed by atoms with Crippen molar-refractivity contribution in [2.45, 2.75) is 6.18 Å². The van der Waals surface area contributed by atoms with Gasteiger partial charge in [0.15, 0.2) is 5.78 Å². The van der Waals surface area contributed by atoms with Crippen LogP contribution in [-0.2, 0) is 6.18 Å². The molecule has 0 bridgehead atoms. The highest BCUT2D eigenvalue weighted by Crippen LogP contribution is 2.39. The summed E-state index contributed by atoms with van der Waals surface area (Å²) < 4.78 is 44.1. The Balaban J connectivity index is 2.60. The molecule has 0 N–H and O–H groups in total. The van der Waals surface area contributed by atoms with Gasteiger partial charge in [-0.2, -0.15) is 13.2 Å². The molecule has 0 radical (unpaired) electrons. The summed E-state index contributed by atoms with van der Waals surface area (Å²) in [5.41, 5.74) is -1.44. The Morgan fingerprint density at radius 1 is 1.20 bits per heavy atom. The van der Waals surface area contributed by atoms with E-state index in [0.717, 1.165) is 13.2 Å². The SMILES string of the molecule is COc1cccc(C(=O)c2cccnc2)c1C(F)(F)F. The lowest BCUT2D eigenvalue weighted by molar-refractivity contribution is -0.139. The number of nitrogens with zero attached hydrogens (tertiary/aromatic N) is 1. The Bertz CT molecular complexity index is 624. The summed E-state index contributed by atoms with van der Waals surface area (Å²) in [6, 6.07) is 6.54. The number of ketones is 1. The van der Waals surface area contributed by atoms with Crippen LogP contribution in [0.25, 0.3) is 0 Å². The molecule has 0 amide bonds. The fourth-order valence-electron chi connectivity index (χ4n) is 1.84. The molecule has 0 aliphatic heterocycles. The van der Waals surface area contributed by atoms with E-state index in [1.54, 1.807) is 0 Å². The predicted octanol–water partition coefficient (Wildman–Crippen LogP) is 3.34. The van der Waals surface area contributed by atoms with E-state index >= 15 is 0 Å². The van der Waals surface area contributed by atoms with E-state index in [9.17, 15) is 18.0 Å². The molecule has 0 aliphatic rings. The van der Waals surface area contributed by atoms with Gasteiger partial charge >= 0.3 is 6.18 Å². The number of alkyl halides is 3. The third-order valence-corrected chi connectivity index (χ3v) is 2.70. The van der Waals surface area contributed by atoms with Crippen LogP contribution in [0.15, 0.2) is 42.7 Å². The van der Waals surface area contributed by atoms with Gasteiger partial charge in [-0.05, 0) is 18.2 Å². The normalized spacial score (nSPS) is 11.2. The van der Waals surface area contributed by atoms with Crippen LogP contribution in [0.2, 0.25) is 0 Å². The number of hydrogen-bond donors (Lipinski definition) is 0. The van der Waals surface area contributed by atoms with Crippen LogP contribution in [-0.4, -0.2) is 17.9 Å². The highest BCUT2D eigenvalue weighted by molar-refractivity contribution is 6.10. The van der Waals surface area contributed by atoms with Crippen molar-refractivity contribution in [1.82, 2.24) is 4.98 Å². The Morgan fingerprint density at radius 3 is 2.50 bits per heavy atom. The highest BCUT2D eigenvalue weighted by atomic mass is 19.4. The lowest BCUT2D eigenvalue weighted by atomic mass is 9.98. The van der Waals surface area contributed by atoms with E-state index in [-0.39, 0.29) is 11.3 Å². The Morgan fingerprint density at radius 2 is 1.95 bits per heavy atom. The van der Waals surface area contributed by atoms with Gasteiger partial charge in [-0.25, -0.2) is 0 Å². The summed E-state index contributed by atoms with van der Waals surface area (Å²) in [6.07, 6.45) is -2.02. The summed E-state index contributed by atoms with van der Waals surface area (Å²) in [6.45, 7) is 0. The maximum absolute atomic E-state index is 13.1. The summed E-state index contributed by atoms with van der Waals surface area (Å²) in [7, 11) is 1.13. The molecule has 0 spiro atoms. The summed E-state index contributed by atoms with van der Waals surface area (Å²) in [5.74, 6) is -1.13. The minimum absolute atomic E-state index is 0.0891. The topological polar surface area (TPSA) is 39.2 Å². The van der Waals surface area contributed by atoms with E-state index < -0.39 is 23.1 Å². The van der Waals surface area contributed by atoms with E-state index in [1.165, 1.54) is 36.7 Å². The van der Waals surface area contributed by atoms with E-state index in [2.05, 4.69) is 4.98 Å². The molecule has 2 rings (SSSR count). The zero-order valence-electron chi connectivity index (χ0n) is 10.4. The average Bonchev–Trinajstić information content (AvgIpc) is 2.45. The number of carbonyl (C=O) groups excluding carboxylic acids is 1. The number of ether oxygens (including phenoxy) is 1. The number of halogens is 3. The van der Waals surface area contributed by atoms with Gasteiger partial charge in [0.1, 0.15) is 11.3 Å². The third kappa shape index (κ3) is 2.64. The molecule has 1 heterocycles. The molecule has 0 saturated heterocycles. The second kappa shape index (κ2) is 5.32. The van der Waals surface area contributed by atoms with Crippen molar-refractivity contribution < 1.29 is 22.7 Å². The lowest BCUT2D eigenvalue weighted by Crippen LogP contribution is -2.15.